The van der Waals surface area contributed by atoms with Crippen molar-refractivity contribution >= 4 is 11.6 Å². The van der Waals surface area contributed by atoms with Crippen molar-refractivity contribution in [2.75, 3.05) is 5.88 Å². The van der Waals surface area contributed by atoms with E-state index in [2.05, 4.69) is 18.2 Å². The maximum Gasteiger partial charge on any atom is 0.127 e. The third kappa shape index (κ3) is 2.51. The van der Waals surface area contributed by atoms with Crippen molar-refractivity contribution in [3.63, 3.8) is 0 Å². The van der Waals surface area contributed by atoms with Gasteiger partial charge in [-0.2, -0.15) is 0 Å². The topological polar surface area (TPSA) is 9.23 Å². The molecule has 0 amide bonds. The van der Waals surface area contributed by atoms with Gasteiger partial charge in [-0.05, 0) is 48.1 Å². The number of hydrogen-bond acceptors (Lipinski definition) is 1. The molecular weight excluding hydrogens is 244 g/mol. The van der Waals surface area contributed by atoms with Crippen LogP contribution in [-0.4, -0.2) is 5.88 Å². The van der Waals surface area contributed by atoms with Gasteiger partial charge in [0.25, 0.3) is 0 Å². The molecule has 1 aliphatic carbocycles. The van der Waals surface area contributed by atoms with Gasteiger partial charge in [-0.1, -0.05) is 30.3 Å². The summed E-state index contributed by atoms with van der Waals surface area (Å²) in [6, 6.07) is 18.2. The zero-order chi connectivity index (χ0) is 12.4. The number of ether oxygens (including phenoxy) is 1. The highest BCUT2D eigenvalue weighted by Crippen LogP contribution is 2.48. The summed E-state index contributed by atoms with van der Waals surface area (Å²) in [4.78, 5) is 0. The summed E-state index contributed by atoms with van der Waals surface area (Å²) in [7, 11) is 0. The van der Waals surface area contributed by atoms with Crippen molar-refractivity contribution < 1.29 is 4.74 Å². The van der Waals surface area contributed by atoms with E-state index in [4.69, 9.17) is 16.3 Å². The molecule has 1 aliphatic rings. The SMILES string of the molecule is ClCC1CC1c1cccc(Oc2ccccc2)c1. The van der Waals surface area contributed by atoms with Crippen molar-refractivity contribution in [3.05, 3.63) is 60.2 Å². The van der Waals surface area contributed by atoms with Crippen LogP contribution in [0.3, 0.4) is 0 Å². The monoisotopic (exact) mass is 258 g/mol. The van der Waals surface area contributed by atoms with E-state index >= 15 is 0 Å². The first-order chi connectivity index (χ1) is 8.86. The van der Waals surface area contributed by atoms with E-state index in [0.717, 1.165) is 17.4 Å². The fourth-order valence-corrected chi connectivity index (χ4v) is 2.60. The minimum Gasteiger partial charge on any atom is -0.457 e. The van der Waals surface area contributed by atoms with Gasteiger partial charge < -0.3 is 4.74 Å². The van der Waals surface area contributed by atoms with Crippen molar-refractivity contribution in [3.8, 4) is 11.5 Å². The van der Waals surface area contributed by atoms with Crippen molar-refractivity contribution in [1.29, 1.82) is 0 Å². The molecule has 2 aromatic rings. The van der Waals surface area contributed by atoms with Crippen molar-refractivity contribution in [2.45, 2.75) is 12.3 Å². The molecule has 1 nitrogen and oxygen atoms in total. The minimum atomic E-state index is 0.627. The Labute approximate surface area is 112 Å². The lowest BCUT2D eigenvalue weighted by Crippen LogP contribution is -1.88. The van der Waals surface area contributed by atoms with E-state index in [1.165, 1.54) is 12.0 Å². The van der Waals surface area contributed by atoms with Crippen LogP contribution in [0.25, 0.3) is 0 Å². The molecule has 3 rings (SSSR count). The summed E-state index contributed by atoms with van der Waals surface area (Å²) in [5.74, 6) is 3.81. The quantitative estimate of drug-likeness (QED) is 0.715. The normalized spacial score (nSPS) is 21.6. The van der Waals surface area contributed by atoms with Gasteiger partial charge in [0.1, 0.15) is 11.5 Å². The molecule has 1 fully saturated rings. The van der Waals surface area contributed by atoms with Crippen molar-refractivity contribution in [2.24, 2.45) is 5.92 Å². The molecular formula is C16H15ClO. The second kappa shape index (κ2) is 5.03. The second-order valence-electron chi connectivity index (χ2n) is 4.74. The van der Waals surface area contributed by atoms with E-state index in [9.17, 15) is 0 Å². The molecule has 0 N–H and O–H groups in total. The predicted molar refractivity (Wildman–Crippen MR) is 74.5 cm³/mol. The van der Waals surface area contributed by atoms with Gasteiger partial charge in [0.15, 0.2) is 0 Å². The maximum absolute atomic E-state index is 5.88. The van der Waals surface area contributed by atoms with Gasteiger partial charge in [-0.15, -0.1) is 11.6 Å². The molecule has 0 spiro atoms. The molecule has 92 valence electrons. The van der Waals surface area contributed by atoms with Crippen LogP contribution in [0.15, 0.2) is 54.6 Å². The lowest BCUT2D eigenvalue weighted by Gasteiger charge is -2.07. The predicted octanol–water partition coefficient (Wildman–Crippen LogP) is 4.82. The number of halogens is 1. The van der Waals surface area contributed by atoms with E-state index in [0.29, 0.717) is 11.8 Å². The summed E-state index contributed by atoms with van der Waals surface area (Å²) >= 11 is 5.88. The van der Waals surface area contributed by atoms with E-state index in [1.807, 2.05) is 36.4 Å². The Bertz CT molecular complexity index is 524. The smallest absolute Gasteiger partial charge is 0.127 e. The molecule has 0 aliphatic heterocycles. The third-order valence-corrected chi connectivity index (χ3v) is 3.78. The van der Waals surface area contributed by atoms with Crippen LogP contribution in [0.1, 0.15) is 17.9 Å². The van der Waals surface area contributed by atoms with Gasteiger partial charge in [-0.3, -0.25) is 0 Å². The second-order valence-corrected chi connectivity index (χ2v) is 5.05. The maximum atomic E-state index is 5.88. The Morgan fingerprint density at radius 1 is 1.00 bits per heavy atom. The Balaban J connectivity index is 1.76. The van der Waals surface area contributed by atoms with Crippen LogP contribution in [0, 0.1) is 5.92 Å². The summed E-state index contributed by atoms with van der Waals surface area (Å²) in [6.07, 6.45) is 1.21. The zero-order valence-electron chi connectivity index (χ0n) is 10.1. The average Bonchev–Trinajstić information content (AvgIpc) is 3.20. The molecule has 0 aromatic heterocycles. The van der Waals surface area contributed by atoms with E-state index < -0.39 is 0 Å². The molecule has 0 saturated heterocycles. The Morgan fingerprint density at radius 3 is 2.50 bits per heavy atom. The van der Waals surface area contributed by atoms with Crippen LogP contribution in [-0.2, 0) is 0 Å². The van der Waals surface area contributed by atoms with Crippen LogP contribution in [0.2, 0.25) is 0 Å². The highest BCUT2D eigenvalue weighted by molar-refractivity contribution is 6.18. The molecule has 0 heterocycles. The highest BCUT2D eigenvalue weighted by atomic mass is 35.5. The van der Waals surface area contributed by atoms with Gasteiger partial charge >= 0.3 is 0 Å². The van der Waals surface area contributed by atoms with Crippen LogP contribution in [0.4, 0.5) is 0 Å². The van der Waals surface area contributed by atoms with E-state index in [1.54, 1.807) is 0 Å². The molecule has 2 aromatic carbocycles. The standard InChI is InChI=1S/C16H15ClO/c17-11-13-10-16(13)12-5-4-8-15(9-12)18-14-6-2-1-3-7-14/h1-9,13,16H,10-11H2. The van der Waals surface area contributed by atoms with Crippen LogP contribution < -0.4 is 4.74 Å². The Hall–Kier alpha value is -1.47. The molecule has 2 atom stereocenters. The first-order valence-electron chi connectivity index (χ1n) is 6.25. The Morgan fingerprint density at radius 2 is 1.78 bits per heavy atom. The summed E-state index contributed by atoms with van der Waals surface area (Å²) < 4.78 is 5.83. The number of benzene rings is 2. The molecule has 1 saturated carbocycles. The lowest BCUT2D eigenvalue weighted by molar-refractivity contribution is 0.482. The van der Waals surface area contributed by atoms with E-state index in [-0.39, 0.29) is 0 Å². The molecule has 18 heavy (non-hydrogen) atoms. The van der Waals surface area contributed by atoms with Gasteiger partial charge in [-0.25, -0.2) is 0 Å². The van der Waals surface area contributed by atoms with Crippen molar-refractivity contribution in [1.82, 2.24) is 0 Å². The molecule has 0 radical (unpaired) electrons. The van der Waals surface area contributed by atoms with Gasteiger partial charge in [0.2, 0.25) is 0 Å². The number of para-hydroxylation sites is 1. The Kier molecular flexibility index (Phi) is 3.24. The number of hydrogen-bond donors (Lipinski definition) is 0. The highest BCUT2D eigenvalue weighted by Gasteiger charge is 2.37. The third-order valence-electron chi connectivity index (χ3n) is 3.39. The summed E-state index contributed by atoms with van der Waals surface area (Å²) in [6.45, 7) is 0. The molecule has 0 bridgehead atoms. The zero-order valence-corrected chi connectivity index (χ0v) is 10.8. The number of rotatable bonds is 4. The summed E-state index contributed by atoms with van der Waals surface area (Å²) in [5, 5.41) is 0. The van der Waals surface area contributed by atoms with Crippen LogP contribution >= 0.6 is 11.6 Å². The molecule has 2 heteroatoms. The average molecular weight is 259 g/mol. The first kappa shape index (κ1) is 11.6. The van der Waals surface area contributed by atoms with Gasteiger partial charge in [0.05, 0.1) is 0 Å². The van der Waals surface area contributed by atoms with Crippen LogP contribution in [0.5, 0.6) is 11.5 Å². The fraction of sp³-hybridized carbons (Fsp3) is 0.250. The number of alkyl halides is 1. The molecule has 2 unspecified atom stereocenters. The fourth-order valence-electron chi connectivity index (χ4n) is 2.26. The minimum absolute atomic E-state index is 0.627. The summed E-state index contributed by atoms with van der Waals surface area (Å²) in [5.41, 5.74) is 1.34. The lowest BCUT2D eigenvalue weighted by atomic mass is 10.1. The first-order valence-corrected chi connectivity index (χ1v) is 6.79. The van der Waals surface area contributed by atoms with Gasteiger partial charge in [0, 0.05) is 5.88 Å². The largest absolute Gasteiger partial charge is 0.457 e.